The van der Waals surface area contributed by atoms with Gasteiger partial charge in [-0.15, -0.1) is 0 Å². The Morgan fingerprint density at radius 2 is 2.17 bits per heavy atom. The molecule has 0 saturated carbocycles. The van der Waals surface area contributed by atoms with Gasteiger partial charge in [0.2, 0.25) is 10.0 Å². The molecule has 0 aromatic heterocycles. The average Bonchev–Trinajstić information content (AvgIpc) is 3.01. The zero-order chi connectivity index (χ0) is 16.4. The number of nitrogens with one attached hydrogen (secondary N) is 1. The molecule has 1 aliphatic carbocycles. The zero-order valence-corrected chi connectivity index (χ0v) is 14.7. The number of rotatable bonds is 5. The molecule has 3 rings (SSSR count). The van der Waals surface area contributed by atoms with Crippen molar-refractivity contribution in [1.82, 2.24) is 9.62 Å². The van der Waals surface area contributed by atoms with Crippen molar-refractivity contribution in [2.45, 2.75) is 31.7 Å². The van der Waals surface area contributed by atoms with Crippen LogP contribution in [0.2, 0.25) is 0 Å². The summed E-state index contributed by atoms with van der Waals surface area (Å²) >= 11 is 0. The molecule has 5 nitrogen and oxygen atoms in total. The summed E-state index contributed by atoms with van der Waals surface area (Å²) < 4.78 is 30.1. The van der Waals surface area contributed by atoms with Gasteiger partial charge in [0.15, 0.2) is 0 Å². The van der Waals surface area contributed by atoms with Gasteiger partial charge in [-0.25, -0.2) is 12.7 Å². The van der Waals surface area contributed by atoms with Gasteiger partial charge in [-0.05, 0) is 61.4 Å². The summed E-state index contributed by atoms with van der Waals surface area (Å²) in [5.74, 6) is 1.33. The molecule has 6 heteroatoms. The van der Waals surface area contributed by atoms with Crippen molar-refractivity contribution in [3.63, 3.8) is 0 Å². The number of aryl methyl sites for hydroxylation is 1. The number of hydrogen-bond donors (Lipinski definition) is 1. The van der Waals surface area contributed by atoms with Gasteiger partial charge >= 0.3 is 0 Å². The minimum atomic E-state index is -3.04. The van der Waals surface area contributed by atoms with Crippen LogP contribution in [-0.2, 0) is 16.4 Å². The number of hydrogen-bond acceptors (Lipinski definition) is 4. The molecule has 2 atom stereocenters. The number of benzene rings is 1. The molecule has 1 aromatic rings. The van der Waals surface area contributed by atoms with E-state index in [1.807, 2.05) is 6.07 Å². The second-order valence-corrected chi connectivity index (χ2v) is 8.68. The summed E-state index contributed by atoms with van der Waals surface area (Å²) in [6, 6.07) is 6.71. The van der Waals surface area contributed by atoms with E-state index in [-0.39, 0.29) is 0 Å². The van der Waals surface area contributed by atoms with Gasteiger partial charge in [-0.3, -0.25) is 0 Å². The van der Waals surface area contributed by atoms with Gasteiger partial charge in [-0.2, -0.15) is 0 Å². The fourth-order valence-electron chi connectivity index (χ4n) is 3.70. The highest BCUT2D eigenvalue weighted by Gasteiger charge is 2.29. The smallest absolute Gasteiger partial charge is 0.211 e. The first-order valence-electron chi connectivity index (χ1n) is 8.32. The Bertz CT molecular complexity index is 660. The Hall–Kier alpha value is -1.11. The molecule has 1 aliphatic heterocycles. The van der Waals surface area contributed by atoms with Crippen LogP contribution in [0, 0.1) is 5.92 Å². The molecule has 1 saturated heterocycles. The van der Waals surface area contributed by atoms with Crippen LogP contribution in [-0.4, -0.2) is 45.7 Å². The second-order valence-electron chi connectivity index (χ2n) is 6.69. The van der Waals surface area contributed by atoms with Crippen LogP contribution >= 0.6 is 0 Å². The third-order valence-electron chi connectivity index (χ3n) is 5.03. The van der Waals surface area contributed by atoms with Crippen molar-refractivity contribution in [3.05, 3.63) is 29.3 Å². The van der Waals surface area contributed by atoms with E-state index in [1.54, 1.807) is 11.4 Å². The van der Waals surface area contributed by atoms with E-state index in [2.05, 4.69) is 17.4 Å². The summed E-state index contributed by atoms with van der Waals surface area (Å²) in [4.78, 5) is 0. The van der Waals surface area contributed by atoms with E-state index < -0.39 is 10.0 Å². The van der Waals surface area contributed by atoms with Gasteiger partial charge in [-0.1, -0.05) is 6.07 Å². The van der Waals surface area contributed by atoms with Crippen LogP contribution in [0.4, 0.5) is 0 Å². The maximum atomic E-state index is 11.6. The van der Waals surface area contributed by atoms with Crippen LogP contribution in [0.25, 0.3) is 0 Å². The van der Waals surface area contributed by atoms with Crippen molar-refractivity contribution in [2.24, 2.45) is 5.92 Å². The van der Waals surface area contributed by atoms with Gasteiger partial charge in [0, 0.05) is 19.1 Å². The molecule has 128 valence electrons. The topological polar surface area (TPSA) is 58.6 Å². The molecule has 0 unspecified atom stereocenters. The summed E-state index contributed by atoms with van der Waals surface area (Å²) in [6.45, 7) is 2.18. The van der Waals surface area contributed by atoms with Crippen molar-refractivity contribution < 1.29 is 13.2 Å². The number of sulfonamides is 1. The Morgan fingerprint density at radius 3 is 2.87 bits per heavy atom. The first-order valence-corrected chi connectivity index (χ1v) is 10.2. The van der Waals surface area contributed by atoms with Crippen LogP contribution in [0.1, 0.15) is 36.4 Å². The highest BCUT2D eigenvalue weighted by molar-refractivity contribution is 7.88. The van der Waals surface area contributed by atoms with Crippen LogP contribution in [0.15, 0.2) is 18.2 Å². The molecular weight excluding hydrogens is 312 g/mol. The average molecular weight is 338 g/mol. The molecule has 0 radical (unpaired) electrons. The van der Waals surface area contributed by atoms with E-state index in [0.717, 1.165) is 31.6 Å². The molecule has 0 bridgehead atoms. The molecule has 2 aliphatic rings. The van der Waals surface area contributed by atoms with Gasteiger partial charge in [0.25, 0.3) is 0 Å². The Labute approximate surface area is 139 Å². The highest BCUT2D eigenvalue weighted by Crippen LogP contribution is 2.32. The maximum Gasteiger partial charge on any atom is 0.211 e. The lowest BCUT2D eigenvalue weighted by atomic mass is 9.87. The third kappa shape index (κ3) is 3.87. The van der Waals surface area contributed by atoms with Gasteiger partial charge in [0.05, 0.1) is 13.4 Å². The summed E-state index contributed by atoms with van der Waals surface area (Å²) in [6.07, 6.45) is 5.67. The van der Waals surface area contributed by atoms with Gasteiger partial charge < -0.3 is 10.1 Å². The van der Waals surface area contributed by atoms with E-state index in [1.165, 1.54) is 23.8 Å². The van der Waals surface area contributed by atoms with E-state index >= 15 is 0 Å². The number of nitrogens with zero attached hydrogens (tertiary/aromatic N) is 1. The Morgan fingerprint density at radius 1 is 1.35 bits per heavy atom. The summed E-state index contributed by atoms with van der Waals surface area (Å²) in [7, 11) is -1.34. The molecule has 1 heterocycles. The Balaban J connectivity index is 1.60. The molecule has 23 heavy (non-hydrogen) atoms. The first kappa shape index (κ1) is 16.7. The minimum Gasteiger partial charge on any atom is -0.497 e. The lowest BCUT2D eigenvalue weighted by molar-refractivity contribution is 0.395. The molecule has 1 N–H and O–H groups in total. The largest absolute Gasteiger partial charge is 0.497 e. The van der Waals surface area contributed by atoms with Gasteiger partial charge in [0.1, 0.15) is 5.75 Å². The first-order chi connectivity index (χ1) is 11.0. The predicted octanol–water partition coefficient (Wildman–Crippen LogP) is 1.94. The quantitative estimate of drug-likeness (QED) is 0.891. The normalized spacial score (nSPS) is 25.3. The fourth-order valence-corrected chi connectivity index (χ4v) is 4.62. The van der Waals surface area contributed by atoms with Crippen LogP contribution in [0.3, 0.4) is 0 Å². The van der Waals surface area contributed by atoms with Crippen LogP contribution in [0.5, 0.6) is 5.75 Å². The minimum absolute atomic E-state index is 0.372. The lowest BCUT2D eigenvalue weighted by Crippen LogP contribution is -2.32. The summed E-state index contributed by atoms with van der Waals surface area (Å²) in [5, 5.41) is 3.67. The maximum absolute atomic E-state index is 11.6. The molecular formula is C17H26N2O3S. The lowest BCUT2D eigenvalue weighted by Gasteiger charge is -2.28. The molecule has 1 fully saturated rings. The highest BCUT2D eigenvalue weighted by atomic mass is 32.2. The second kappa shape index (κ2) is 6.79. The monoisotopic (exact) mass is 338 g/mol. The predicted molar refractivity (Wildman–Crippen MR) is 91.2 cm³/mol. The molecule has 0 amide bonds. The van der Waals surface area contributed by atoms with Crippen molar-refractivity contribution in [1.29, 1.82) is 0 Å². The molecule has 1 aromatic carbocycles. The Kier molecular flexibility index (Phi) is 4.94. The van der Waals surface area contributed by atoms with E-state index in [9.17, 15) is 8.42 Å². The van der Waals surface area contributed by atoms with Crippen molar-refractivity contribution >= 4 is 10.0 Å². The van der Waals surface area contributed by atoms with E-state index in [0.29, 0.717) is 25.0 Å². The number of fused-ring (bicyclic) bond motifs is 1. The zero-order valence-electron chi connectivity index (χ0n) is 13.9. The van der Waals surface area contributed by atoms with E-state index in [4.69, 9.17) is 4.74 Å². The van der Waals surface area contributed by atoms with Crippen molar-refractivity contribution in [3.8, 4) is 5.75 Å². The third-order valence-corrected chi connectivity index (χ3v) is 6.30. The number of ether oxygens (including phenoxy) is 1. The van der Waals surface area contributed by atoms with Crippen molar-refractivity contribution in [2.75, 3.05) is 33.0 Å². The molecule has 0 spiro atoms. The number of methoxy groups -OCH3 is 1. The SMILES string of the molecule is COc1ccc2c(c1)CCC[C@@H]2NC[C@@H]1CCN(S(C)(=O)=O)C1. The fraction of sp³-hybridized carbons (Fsp3) is 0.647. The summed E-state index contributed by atoms with van der Waals surface area (Å²) in [5.41, 5.74) is 2.74. The van der Waals surface area contributed by atoms with Crippen LogP contribution < -0.4 is 10.1 Å². The standard InChI is InChI=1S/C17H26N2O3S/c1-22-15-6-7-16-14(10-15)4-3-5-17(16)18-11-13-8-9-19(12-13)23(2,20)21/h6-7,10,13,17-18H,3-5,8-9,11-12H2,1-2H3/t13-,17-/m0/s1.